The minimum Gasteiger partial charge on any atom is -0.493 e. The summed E-state index contributed by atoms with van der Waals surface area (Å²) in [5, 5.41) is 0. The fourth-order valence-electron chi connectivity index (χ4n) is 3.24. The Bertz CT molecular complexity index is 503. The van der Waals surface area contributed by atoms with E-state index in [1.807, 2.05) is 18.0 Å². The molecule has 1 aromatic carbocycles. The Labute approximate surface area is 126 Å². The van der Waals surface area contributed by atoms with Gasteiger partial charge in [-0.1, -0.05) is 18.2 Å². The quantitative estimate of drug-likeness (QED) is 0.832. The van der Waals surface area contributed by atoms with Crippen molar-refractivity contribution in [3.8, 4) is 5.75 Å². The van der Waals surface area contributed by atoms with Crippen LogP contribution in [0.25, 0.3) is 0 Å². The molecule has 2 heterocycles. The Morgan fingerprint density at radius 1 is 1.24 bits per heavy atom. The van der Waals surface area contributed by atoms with Crippen molar-refractivity contribution in [1.29, 1.82) is 0 Å². The number of para-hydroxylation sites is 1. The van der Waals surface area contributed by atoms with E-state index in [-0.39, 0.29) is 5.91 Å². The standard InChI is InChI=1S/C17H24N2O2/c1-18-9-10-19(8-6-17(18)20)13-14-7-11-21-16-5-3-2-4-15(16)12-14/h2-5,14H,6-13H2,1H3. The number of hydrogen-bond donors (Lipinski definition) is 0. The van der Waals surface area contributed by atoms with Gasteiger partial charge in [0, 0.05) is 39.6 Å². The van der Waals surface area contributed by atoms with Gasteiger partial charge in [-0.2, -0.15) is 0 Å². The summed E-state index contributed by atoms with van der Waals surface area (Å²) in [5.74, 6) is 1.94. The molecule has 0 radical (unpaired) electrons. The van der Waals surface area contributed by atoms with Crippen LogP contribution in [-0.4, -0.2) is 55.5 Å². The molecule has 0 aromatic heterocycles. The van der Waals surface area contributed by atoms with E-state index in [0.29, 0.717) is 12.3 Å². The molecule has 2 aliphatic rings. The predicted molar refractivity (Wildman–Crippen MR) is 82.4 cm³/mol. The highest BCUT2D eigenvalue weighted by atomic mass is 16.5. The summed E-state index contributed by atoms with van der Waals surface area (Å²) in [5.41, 5.74) is 1.32. The third-order valence-corrected chi connectivity index (χ3v) is 4.60. The molecular weight excluding hydrogens is 264 g/mol. The number of rotatable bonds is 2. The molecule has 1 unspecified atom stereocenters. The van der Waals surface area contributed by atoms with Crippen LogP contribution >= 0.6 is 0 Å². The molecule has 3 rings (SSSR count). The first-order valence-electron chi connectivity index (χ1n) is 7.89. The maximum absolute atomic E-state index is 11.7. The summed E-state index contributed by atoms with van der Waals surface area (Å²) in [6.07, 6.45) is 2.82. The molecule has 0 spiro atoms. The Hall–Kier alpha value is -1.55. The van der Waals surface area contributed by atoms with Crippen LogP contribution in [0.4, 0.5) is 0 Å². The van der Waals surface area contributed by atoms with Crippen LogP contribution in [0.3, 0.4) is 0 Å². The van der Waals surface area contributed by atoms with Gasteiger partial charge in [0.1, 0.15) is 5.75 Å². The number of amides is 1. The number of nitrogens with zero attached hydrogens (tertiary/aromatic N) is 2. The van der Waals surface area contributed by atoms with Gasteiger partial charge in [0.25, 0.3) is 0 Å². The molecule has 2 aliphatic heterocycles. The first kappa shape index (κ1) is 14.4. The number of carbonyl (C=O) groups is 1. The van der Waals surface area contributed by atoms with Crippen LogP contribution in [-0.2, 0) is 11.2 Å². The molecule has 0 N–H and O–H groups in total. The van der Waals surface area contributed by atoms with Crippen LogP contribution < -0.4 is 4.74 Å². The summed E-state index contributed by atoms with van der Waals surface area (Å²) in [6.45, 7) is 4.59. The molecule has 0 bridgehead atoms. The zero-order valence-electron chi connectivity index (χ0n) is 12.8. The van der Waals surface area contributed by atoms with Gasteiger partial charge in [0.2, 0.25) is 5.91 Å². The smallest absolute Gasteiger partial charge is 0.223 e. The van der Waals surface area contributed by atoms with Crippen LogP contribution in [0.5, 0.6) is 5.75 Å². The van der Waals surface area contributed by atoms with Crippen LogP contribution in [0.1, 0.15) is 18.4 Å². The molecule has 4 nitrogen and oxygen atoms in total. The van der Waals surface area contributed by atoms with E-state index in [9.17, 15) is 4.79 Å². The lowest BCUT2D eigenvalue weighted by molar-refractivity contribution is -0.129. The second-order valence-electron chi connectivity index (χ2n) is 6.18. The fourth-order valence-corrected chi connectivity index (χ4v) is 3.24. The van der Waals surface area contributed by atoms with Gasteiger partial charge in [0.15, 0.2) is 0 Å². The van der Waals surface area contributed by atoms with E-state index < -0.39 is 0 Å². The van der Waals surface area contributed by atoms with E-state index in [1.165, 1.54) is 5.56 Å². The number of benzene rings is 1. The van der Waals surface area contributed by atoms with E-state index in [0.717, 1.165) is 51.4 Å². The van der Waals surface area contributed by atoms with Crippen LogP contribution in [0.15, 0.2) is 24.3 Å². The van der Waals surface area contributed by atoms with E-state index in [2.05, 4.69) is 23.1 Å². The van der Waals surface area contributed by atoms with Crippen LogP contribution in [0, 0.1) is 5.92 Å². The lowest BCUT2D eigenvalue weighted by Crippen LogP contribution is -2.34. The van der Waals surface area contributed by atoms with Gasteiger partial charge in [-0.25, -0.2) is 0 Å². The Morgan fingerprint density at radius 3 is 3.00 bits per heavy atom. The average molecular weight is 288 g/mol. The first-order chi connectivity index (χ1) is 10.2. The monoisotopic (exact) mass is 288 g/mol. The highest BCUT2D eigenvalue weighted by molar-refractivity contribution is 5.76. The van der Waals surface area contributed by atoms with Gasteiger partial charge >= 0.3 is 0 Å². The number of ether oxygens (including phenoxy) is 1. The maximum atomic E-state index is 11.7. The molecule has 1 saturated heterocycles. The van der Waals surface area contributed by atoms with Gasteiger partial charge in [0.05, 0.1) is 6.61 Å². The second-order valence-corrected chi connectivity index (χ2v) is 6.18. The molecule has 0 aliphatic carbocycles. The average Bonchev–Trinajstić information content (AvgIpc) is 2.78. The van der Waals surface area contributed by atoms with Crippen molar-refractivity contribution < 1.29 is 9.53 Å². The second kappa shape index (κ2) is 6.48. The summed E-state index contributed by atoms with van der Waals surface area (Å²) < 4.78 is 5.85. The predicted octanol–water partition coefficient (Wildman–Crippen LogP) is 1.79. The van der Waals surface area contributed by atoms with Crippen molar-refractivity contribution in [2.75, 3.05) is 39.8 Å². The molecule has 0 saturated carbocycles. The van der Waals surface area contributed by atoms with Crippen molar-refractivity contribution in [3.05, 3.63) is 29.8 Å². The zero-order valence-corrected chi connectivity index (χ0v) is 12.8. The molecular formula is C17H24N2O2. The Balaban J connectivity index is 1.61. The van der Waals surface area contributed by atoms with Crippen molar-refractivity contribution in [2.45, 2.75) is 19.3 Å². The zero-order chi connectivity index (χ0) is 14.7. The minimum atomic E-state index is 0.270. The molecule has 1 aromatic rings. The number of hydrogen-bond acceptors (Lipinski definition) is 3. The highest BCUT2D eigenvalue weighted by Gasteiger charge is 2.23. The largest absolute Gasteiger partial charge is 0.493 e. The lowest BCUT2D eigenvalue weighted by atomic mass is 9.96. The molecule has 1 amide bonds. The fraction of sp³-hybridized carbons (Fsp3) is 0.588. The molecule has 114 valence electrons. The minimum absolute atomic E-state index is 0.270. The summed E-state index contributed by atoms with van der Waals surface area (Å²) in [6, 6.07) is 8.37. The number of fused-ring (bicyclic) bond motifs is 1. The first-order valence-corrected chi connectivity index (χ1v) is 7.89. The summed E-state index contributed by atoms with van der Waals surface area (Å²) in [7, 11) is 1.90. The van der Waals surface area contributed by atoms with E-state index >= 15 is 0 Å². The maximum Gasteiger partial charge on any atom is 0.223 e. The van der Waals surface area contributed by atoms with Crippen molar-refractivity contribution in [1.82, 2.24) is 9.80 Å². The van der Waals surface area contributed by atoms with Gasteiger partial charge < -0.3 is 14.5 Å². The third kappa shape index (κ3) is 3.56. The third-order valence-electron chi connectivity index (χ3n) is 4.60. The lowest BCUT2D eigenvalue weighted by Gasteiger charge is -2.25. The summed E-state index contributed by atoms with van der Waals surface area (Å²) >= 11 is 0. The normalized spacial score (nSPS) is 24.0. The Morgan fingerprint density at radius 2 is 2.10 bits per heavy atom. The summed E-state index contributed by atoms with van der Waals surface area (Å²) in [4.78, 5) is 16.0. The SMILES string of the molecule is CN1CCN(CC2CCOc3ccccc3C2)CCC1=O. The Kier molecular flexibility index (Phi) is 4.44. The molecule has 1 atom stereocenters. The number of likely N-dealkylation sites (N-methyl/N-ethyl adjacent to an activating group) is 1. The molecule has 21 heavy (non-hydrogen) atoms. The van der Waals surface area contributed by atoms with Crippen molar-refractivity contribution in [3.63, 3.8) is 0 Å². The number of carbonyl (C=O) groups excluding carboxylic acids is 1. The van der Waals surface area contributed by atoms with E-state index in [1.54, 1.807) is 0 Å². The molecule has 1 fully saturated rings. The van der Waals surface area contributed by atoms with Crippen molar-refractivity contribution in [2.24, 2.45) is 5.92 Å². The topological polar surface area (TPSA) is 32.8 Å². The van der Waals surface area contributed by atoms with Gasteiger partial charge in [-0.3, -0.25) is 4.79 Å². The van der Waals surface area contributed by atoms with Gasteiger partial charge in [-0.15, -0.1) is 0 Å². The highest BCUT2D eigenvalue weighted by Crippen LogP contribution is 2.27. The van der Waals surface area contributed by atoms with Gasteiger partial charge in [-0.05, 0) is 30.4 Å². The van der Waals surface area contributed by atoms with E-state index in [4.69, 9.17) is 4.74 Å². The van der Waals surface area contributed by atoms with Crippen molar-refractivity contribution >= 4 is 5.91 Å². The van der Waals surface area contributed by atoms with Crippen LogP contribution in [0.2, 0.25) is 0 Å². The molecule has 4 heteroatoms.